The topological polar surface area (TPSA) is 0 Å². The van der Waals surface area contributed by atoms with Crippen LogP contribution < -0.4 is 15.9 Å². The SMILES string of the molecule is Cc1cc(C)cc([P@](c2cc(C)cc(C(F)(F)F)c2)[C@H](C)C2CCCC2c2ccccc2P(C2CCCCC2)C2CCCCC2)c1. The van der Waals surface area contributed by atoms with Crippen LogP contribution >= 0.6 is 15.8 Å². The minimum absolute atomic E-state index is 0.220. The molecule has 5 heteroatoms. The summed E-state index contributed by atoms with van der Waals surface area (Å²) in [4.78, 5) is 0. The first-order valence-electron chi connectivity index (χ1n) is 18.0. The maximum atomic E-state index is 14.2. The highest BCUT2D eigenvalue weighted by Gasteiger charge is 2.41. The Bertz CT molecular complexity index is 1430. The van der Waals surface area contributed by atoms with Crippen LogP contribution in [0.1, 0.15) is 124 Å². The molecule has 248 valence electrons. The largest absolute Gasteiger partial charge is 0.416 e. The van der Waals surface area contributed by atoms with Crippen LogP contribution in [0, 0.1) is 26.7 Å². The van der Waals surface area contributed by atoms with E-state index in [0.717, 1.165) is 23.0 Å². The van der Waals surface area contributed by atoms with E-state index in [-0.39, 0.29) is 13.6 Å². The molecular formula is C41H53F3P2. The van der Waals surface area contributed by atoms with E-state index in [1.165, 1.54) is 106 Å². The van der Waals surface area contributed by atoms with Gasteiger partial charge in [-0.05, 0) is 135 Å². The van der Waals surface area contributed by atoms with Gasteiger partial charge in [-0.25, -0.2) is 0 Å². The first-order chi connectivity index (χ1) is 22.1. The summed E-state index contributed by atoms with van der Waals surface area (Å²) in [6.45, 7) is 8.46. The average molecular weight is 665 g/mol. The zero-order valence-electron chi connectivity index (χ0n) is 28.4. The van der Waals surface area contributed by atoms with Crippen molar-refractivity contribution in [2.45, 2.75) is 140 Å². The zero-order valence-corrected chi connectivity index (χ0v) is 30.2. The van der Waals surface area contributed by atoms with Gasteiger partial charge in [-0.15, -0.1) is 0 Å². The van der Waals surface area contributed by atoms with E-state index in [0.29, 0.717) is 17.4 Å². The Morgan fingerprint density at radius 2 is 1.17 bits per heavy atom. The highest BCUT2D eigenvalue weighted by Crippen LogP contribution is 2.58. The van der Waals surface area contributed by atoms with Gasteiger partial charge in [0.1, 0.15) is 0 Å². The maximum absolute atomic E-state index is 14.2. The van der Waals surface area contributed by atoms with Crippen LogP contribution in [0.5, 0.6) is 0 Å². The van der Waals surface area contributed by atoms with Crippen LogP contribution in [0.4, 0.5) is 13.2 Å². The number of benzene rings is 3. The summed E-state index contributed by atoms with van der Waals surface area (Å²) in [6, 6.07) is 21.1. The molecule has 3 aromatic carbocycles. The van der Waals surface area contributed by atoms with Crippen molar-refractivity contribution in [1.82, 2.24) is 0 Å². The zero-order chi connectivity index (χ0) is 32.4. The number of aryl methyl sites for hydroxylation is 3. The molecule has 0 nitrogen and oxygen atoms in total. The van der Waals surface area contributed by atoms with Gasteiger partial charge in [0.15, 0.2) is 0 Å². The summed E-state index contributed by atoms with van der Waals surface area (Å²) in [5, 5.41) is 3.81. The number of rotatable bonds is 8. The van der Waals surface area contributed by atoms with E-state index >= 15 is 0 Å². The Morgan fingerprint density at radius 3 is 1.76 bits per heavy atom. The first kappa shape index (κ1) is 34.2. The van der Waals surface area contributed by atoms with Crippen molar-refractivity contribution < 1.29 is 13.2 Å². The van der Waals surface area contributed by atoms with E-state index in [4.69, 9.17) is 0 Å². The molecule has 3 aliphatic rings. The fourth-order valence-corrected chi connectivity index (χ4v) is 16.7. The predicted molar refractivity (Wildman–Crippen MR) is 195 cm³/mol. The summed E-state index contributed by atoms with van der Waals surface area (Å²) in [7, 11) is -1.22. The van der Waals surface area contributed by atoms with Gasteiger partial charge in [0, 0.05) is 0 Å². The predicted octanol–water partition coefficient (Wildman–Crippen LogP) is 11.8. The van der Waals surface area contributed by atoms with Gasteiger partial charge in [0.05, 0.1) is 5.56 Å². The standard InChI is InChI=1S/C41H53F3P2/c1-28-22-29(2)25-35(24-28)45(36-26-30(3)23-32(27-36)41(42,43)44)31(4)37-19-13-20-38(37)39-18-11-12-21-40(39)46(33-14-7-5-8-15-33)34-16-9-6-10-17-34/h11-12,18,21-27,31,33-34,37-38H,5-10,13-17,19-20H2,1-4H3/t31-,37?,38?,45-/m1/s1. The molecule has 0 heterocycles. The van der Waals surface area contributed by atoms with Crippen molar-refractivity contribution in [3.63, 3.8) is 0 Å². The minimum atomic E-state index is -4.35. The Labute approximate surface area is 278 Å². The second-order valence-corrected chi connectivity index (χ2v) is 20.1. The van der Waals surface area contributed by atoms with Crippen molar-refractivity contribution in [1.29, 1.82) is 0 Å². The third kappa shape index (κ3) is 7.62. The Kier molecular flexibility index (Phi) is 11.0. The lowest BCUT2D eigenvalue weighted by Gasteiger charge is -2.41. The Hall–Kier alpha value is -1.69. The van der Waals surface area contributed by atoms with Crippen LogP contribution in [0.2, 0.25) is 0 Å². The van der Waals surface area contributed by atoms with E-state index in [2.05, 4.69) is 69.3 Å². The lowest BCUT2D eigenvalue weighted by molar-refractivity contribution is -0.137. The van der Waals surface area contributed by atoms with E-state index < -0.39 is 19.7 Å². The molecular weight excluding hydrogens is 611 g/mol. The Morgan fingerprint density at radius 1 is 0.630 bits per heavy atom. The summed E-state index contributed by atoms with van der Waals surface area (Å²) in [5.41, 5.74) is 6.16. The van der Waals surface area contributed by atoms with E-state index in [9.17, 15) is 13.2 Å². The number of hydrogen-bond acceptors (Lipinski definition) is 0. The molecule has 0 spiro atoms. The van der Waals surface area contributed by atoms with Crippen molar-refractivity contribution in [3.05, 3.63) is 88.5 Å². The molecule has 0 saturated heterocycles. The second kappa shape index (κ2) is 14.8. The van der Waals surface area contributed by atoms with Crippen LogP contribution in [0.3, 0.4) is 0 Å². The summed E-state index contributed by atoms with van der Waals surface area (Å²) in [6.07, 6.45) is 13.1. The molecule has 0 aliphatic heterocycles. The fourth-order valence-electron chi connectivity index (χ4n) is 9.36. The van der Waals surface area contributed by atoms with Gasteiger partial charge >= 0.3 is 6.18 Å². The molecule has 2 unspecified atom stereocenters. The van der Waals surface area contributed by atoms with E-state index in [1.54, 1.807) is 10.9 Å². The minimum Gasteiger partial charge on any atom is -0.166 e. The molecule has 46 heavy (non-hydrogen) atoms. The highest BCUT2D eigenvalue weighted by molar-refractivity contribution is 7.73. The van der Waals surface area contributed by atoms with Gasteiger partial charge in [-0.2, -0.15) is 13.2 Å². The molecule has 0 amide bonds. The lowest BCUT2D eigenvalue weighted by atomic mass is 9.87. The average Bonchev–Trinajstić information content (AvgIpc) is 3.52. The summed E-state index contributed by atoms with van der Waals surface area (Å²) < 4.78 is 42.5. The highest BCUT2D eigenvalue weighted by atomic mass is 31.1. The van der Waals surface area contributed by atoms with Crippen LogP contribution in [0.15, 0.2) is 60.7 Å². The molecule has 6 rings (SSSR count). The smallest absolute Gasteiger partial charge is 0.166 e. The molecule has 3 aromatic rings. The van der Waals surface area contributed by atoms with Gasteiger partial charge in [-0.3, -0.25) is 0 Å². The number of halogens is 3. The molecule has 4 atom stereocenters. The van der Waals surface area contributed by atoms with Crippen LogP contribution in [-0.4, -0.2) is 17.0 Å². The molecule has 3 saturated carbocycles. The summed E-state index contributed by atoms with van der Waals surface area (Å²) in [5.74, 6) is 0.934. The van der Waals surface area contributed by atoms with Crippen LogP contribution in [-0.2, 0) is 6.18 Å². The van der Waals surface area contributed by atoms with Gasteiger partial charge < -0.3 is 0 Å². The van der Waals surface area contributed by atoms with Crippen molar-refractivity contribution in [2.75, 3.05) is 0 Å². The third-order valence-corrected chi connectivity index (χ3v) is 17.7. The fraction of sp³-hybridized carbons (Fsp3) is 0.561. The maximum Gasteiger partial charge on any atom is 0.416 e. The lowest BCUT2D eigenvalue weighted by Crippen LogP contribution is -2.32. The number of hydrogen-bond donors (Lipinski definition) is 0. The van der Waals surface area contributed by atoms with Crippen LogP contribution in [0.25, 0.3) is 0 Å². The quantitative estimate of drug-likeness (QED) is 0.210. The first-order valence-corrected chi connectivity index (χ1v) is 20.9. The van der Waals surface area contributed by atoms with Gasteiger partial charge in [0.2, 0.25) is 0 Å². The van der Waals surface area contributed by atoms with Crippen molar-refractivity contribution in [2.24, 2.45) is 5.92 Å². The van der Waals surface area contributed by atoms with Gasteiger partial charge in [-0.1, -0.05) is 119 Å². The monoisotopic (exact) mass is 664 g/mol. The number of alkyl halides is 3. The summed E-state index contributed by atoms with van der Waals surface area (Å²) >= 11 is 0. The van der Waals surface area contributed by atoms with Gasteiger partial charge in [0.25, 0.3) is 0 Å². The molecule has 0 N–H and O–H groups in total. The van der Waals surface area contributed by atoms with E-state index in [1.807, 2.05) is 6.92 Å². The molecule has 3 fully saturated rings. The molecule has 3 aliphatic carbocycles. The van der Waals surface area contributed by atoms with Crippen molar-refractivity contribution in [3.8, 4) is 0 Å². The molecule has 0 radical (unpaired) electrons. The third-order valence-electron chi connectivity index (χ3n) is 11.3. The molecule has 0 aromatic heterocycles. The van der Waals surface area contributed by atoms with Crippen molar-refractivity contribution >= 4 is 31.8 Å². The normalized spacial score (nSPS) is 23.1. The second-order valence-electron chi connectivity index (χ2n) is 14.8. The molecule has 0 bridgehead atoms. The Balaban J connectivity index is 1.42.